The Morgan fingerprint density at radius 2 is 1.93 bits per heavy atom. The quantitative estimate of drug-likeness (QED) is 0.628. The molecule has 0 aliphatic rings. The Hall–Kier alpha value is -2.86. The minimum atomic E-state index is -0.644. The number of aromatic nitrogens is 2. The van der Waals surface area contributed by atoms with Crippen molar-refractivity contribution in [2.24, 2.45) is 0 Å². The number of ketones is 1. The van der Waals surface area contributed by atoms with Crippen LogP contribution in [0.1, 0.15) is 31.5 Å². The zero-order valence-corrected chi connectivity index (χ0v) is 16.6. The zero-order valence-electron chi connectivity index (χ0n) is 15.8. The molecular formula is C21H22ClN3O3. The zero-order chi connectivity index (χ0) is 20.1. The molecule has 2 heterocycles. The first kappa shape index (κ1) is 19.9. The average molecular weight is 400 g/mol. The van der Waals surface area contributed by atoms with Gasteiger partial charge in [-0.3, -0.25) is 4.79 Å². The molecule has 0 saturated heterocycles. The van der Waals surface area contributed by atoms with Crippen molar-refractivity contribution < 1.29 is 14.3 Å². The number of amides is 1. The van der Waals surface area contributed by atoms with E-state index in [1.165, 1.54) is 0 Å². The number of aryl methyl sites for hydroxylation is 1. The molecule has 0 spiro atoms. The molecule has 0 aliphatic heterocycles. The summed E-state index contributed by atoms with van der Waals surface area (Å²) in [6.07, 6.45) is 4.17. The van der Waals surface area contributed by atoms with Crippen LogP contribution in [0.4, 0.5) is 0 Å². The summed E-state index contributed by atoms with van der Waals surface area (Å²) >= 11 is 5.97. The van der Waals surface area contributed by atoms with Crippen LogP contribution in [0, 0.1) is 0 Å². The number of benzene rings is 1. The smallest absolute Gasteiger partial charge is 0.261 e. The molecule has 3 rings (SSSR count). The van der Waals surface area contributed by atoms with Crippen molar-refractivity contribution in [3.05, 3.63) is 65.1 Å². The van der Waals surface area contributed by atoms with Crippen LogP contribution in [-0.2, 0) is 22.6 Å². The van der Waals surface area contributed by atoms with Gasteiger partial charge in [-0.25, -0.2) is 4.98 Å². The normalized spacial score (nSPS) is 12.0. The van der Waals surface area contributed by atoms with Crippen LogP contribution in [0.15, 0.2) is 48.8 Å². The molecule has 0 radical (unpaired) electrons. The number of halogens is 1. The van der Waals surface area contributed by atoms with Gasteiger partial charge in [0.15, 0.2) is 6.10 Å². The number of carbonyl (C=O) groups is 2. The molecule has 1 aromatic carbocycles. The van der Waals surface area contributed by atoms with E-state index >= 15 is 0 Å². The molecular weight excluding hydrogens is 378 g/mol. The largest absolute Gasteiger partial charge is 0.481 e. The minimum absolute atomic E-state index is 0.166. The number of fused-ring (bicyclic) bond motifs is 1. The molecule has 3 aromatic rings. The highest BCUT2D eigenvalue weighted by atomic mass is 35.5. The number of nitrogens with one attached hydrogen (secondary N) is 1. The van der Waals surface area contributed by atoms with Crippen molar-refractivity contribution in [2.45, 2.75) is 39.3 Å². The minimum Gasteiger partial charge on any atom is -0.481 e. The Morgan fingerprint density at radius 3 is 2.64 bits per heavy atom. The van der Waals surface area contributed by atoms with Crippen molar-refractivity contribution in [2.75, 3.05) is 0 Å². The number of carbonyl (C=O) groups excluding carboxylic acids is 2. The fourth-order valence-electron chi connectivity index (χ4n) is 2.74. The molecule has 1 amide bonds. The molecule has 2 aromatic heterocycles. The summed E-state index contributed by atoms with van der Waals surface area (Å²) in [5.41, 5.74) is 2.56. The number of imidazole rings is 1. The summed E-state index contributed by atoms with van der Waals surface area (Å²) in [5.74, 6) is 0.548. The monoisotopic (exact) mass is 399 g/mol. The summed E-state index contributed by atoms with van der Waals surface area (Å²) in [6.45, 7) is 3.58. The highest BCUT2D eigenvalue weighted by Crippen LogP contribution is 2.15. The van der Waals surface area contributed by atoms with Crippen LogP contribution in [0.5, 0.6) is 5.75 Å². The van der Waals surface area contributed by atoms with E-state index in [4.69, 9.17) is 16.3 Å². The third-order valence-electron chi connectivity index (χ3n) is 4.28. The van der Waals surface area contributed by atoms with Gasteiger partial charge in [-0.05, 0) is 50.1 Å². The molecule has 7 heteroatoms. The Kier molecular flexibility index (Phi) is 6.31. The highest BCUT2D eigenvalue weighted by Gasteiger charge is 2.15. The van der Waals surface area contributed by atoms with Crippen molar-refractivity contribution in [1.29, 1.82) is 0 Å². The van der Waals surface area contributed by atoms with Crippen LogP contribution in [0.25, 0.3) is 5.65 Å². The van der Waals surface area contributed by atoms with Gasteiger partial charge >= 0.3 is 0 Å². The maximum Gasteiger partial charge on any atom is 0.261 e. The molecule has 146 valence electrons. The first-order valence-electron chi connectivity index (χ1n) is 9.06. The third-order valence-corrected chi connectivity index (χ3v) is 4.50. The predicted octanol–water partition coefficient (Wildman–Crippen LogP) is 3.59. The average Bonchev–Trinajstić information content (AvgIpc) is 3.07. The van der Waals surface area contributed by atoms with Gasteiger partial charge < -0.3 is 19.2 Å². The summed E-state index contributed by atoms with van der Waals surface area (Å²) in [6, 6.07) is 11.0. The van der Waals surface area contributed by atoms with E-state index in [2.05, 4.69) is 10.3 Å². The number of rotatable bonds is 8. The van der Waals surface area contributed by atoms with Crippen LogP contribution in [0.3, 0.4) is 0 Å². The first-order chi connectivity index (χ1) is 13.4. The molecule has 28 heavy (non-hydrogen) atoms. The van der Waals surface area contributed by atoms with Gasteiger partial charge in [0.2, 0.25) is 0 Å². The lowest BCUT2D eigenvalue weighted by atomic mass is 10.1. The van der Waals surface area contributed by atoms with E-state index in [0.29, 0.717) is 30.2 Å². The summed E-state index contributed by atoms with van der Waals surface area (Å²) in [4.78, 5) is 27.8. The molecule has 0 fully saturated rings. The fourth-order valence-corrected chi connectivity index (χ4v) is 2.90. The number of hydrogen-bond acceptors (Lipinski definition) is 4. The maximum atomic E-state index is 12.3. The SMILES string of the molecule is CC(=O)CCc1ccc(OC(C)C(=O)NCc2cn3cc(Cl)ccc3n2)cc1. The van der Waals surface area contributed by atoms with Crippen molar-refractivity contribution >= 4 is 28.9 Å². The Morgan fingerprint density at radius 1 is 1.18 bits per heavy atom. The molecule has 1 unspecified atom stereocenters. The van der Waals surface area contributed by atoms with Crippen molar-refractivity contribution in [3.63, 3.8) is 0 Å². The topological polar surface area (TPSA) is 72.7 Å². The first-order valence-corrected chi connectivity index (χ1v) is 9.44. The number of Topliss-reactive ketones (excluding diaryl/α,β-unsaturated/α-hetero) is 1. The fraction of sp³-hybridized carbons (Fsp3) is 0.286. The Balaban J connectivity index is 1.51. The number of nitrogens with zero attached hydrogens (tertiary/aromatic N) is 2. The number of pyridine rings is 1. The molecule has 1 N–H and O–H groups in total. The summed E-state index contributed by atoms with van der Waals surface area (Å²) < 4.78 is 7.51. The van der Waals surface area contributed by atoms with Gasteiger partial charge in [-0.2, -0.15) is 0 Å². The molecule has 1 atom stereocenters. The molecule has 6 nitrogen and oxygen atoms in total. The van der Waals surface area contributed by atoms with Gasteiger partial charge in [0.25, 0.3) is 5.91 Å². The standard InChI is InChI=1S/C21H22ClN3O3/c1-14(26)3-4-16-5-8-19(9-6-16)28-15(2)21(27)23-11-18-13-25-12-17(22)7-10-20(25)24-18/h5-10,12-13,15H,3-4,11H2,1-2H3,(H,23,27). The van der Waals surface area contributed by atoms with Crippen LogP contribution < -0.4 is 10.1 Å². The third kappa shape index (κ3) is 5.33. The van der Waals surface area contributed by atoms with Crippen LogP contribution >= 0.6 is 11.6 Å². The Labute approximate surface area is 168 Å². The summed E-state index contributed by atoms with van der Waals surface area (Å²) in [5, 5.41) is 3.45. The van der Waals surface area contributed by atoms with Gasteiger partial charge in [-0.1, -0.05) is 23.7 Å². The van der Waals surface area contributed by atoms with E-state index in [0.717, 1.165) is 16.9 Å². The van der Waals surface area contributed by atoms with Crippen LogP contribution in [-0.4, -0.2) is 27.2 Å². The lowest BCUT2D eigenvalue weighted by Gasteiger charge is -2.14. The summed E-state index contributed by atoms with van der Waals surface area (Å²) in [7, 11) is 0. The number of hydrogen-bond donors (Lipinski definition) is 1. The van der Waals surface area contributed by atoms with Gasteiger partial charge in [-0.15, -0.1) is 0 Å². The van der Waals surface area contributed by atoms with E-state index in [1.807, 2.05) is 40.9 Å². The molecule has 0 aliphatic carbocycles. The maximum absolute atomic E-state index is 12.3. The lowest BCUT2D eigenvalue weighted by molar-refractivity contribution is -0.127. The number of ether oxygens (including phenoxy) is 1. The van der Waals surface area contributed by atoms with Crippen LogP contribution in [0.2, 0.25) is 5.02 Å². The second-order valence-corrected chi connectivity index (χ2v) is 7.11. The van der Waals surface area contributed by atoms with Gasteiger partial charge in [0, 0.05) is 18.8 Å². The highest BCUT2D eigenvalue weighted by molar-refractivity contribution is 6.30. The predicted molar refractivity (Wildman–Crippen MR) is 108 cm³/mol. The van der Waals surface area contributed by atoms with E-state index < -0.39 is 6.10 Å². The van der Waals surface area contributed by atoms with E-state index in [9.17, 15) is 9.59 Å². The van der Waals surface area contributed by atoms with E-state index in [1.54, 1.807) is 26.1 Å². The Bertz CT molecular complexity index is 982. The second-order valence-electron chi connectivity index (χ2n) is 6.67. The van der Waals surface area contributed by atoms with Crippen molar-refractivity contribution in [1.82, 2.24) is 14.7 Å². The van der Waals surface area contributed by atoms with Crippen molar-refractivity contribution in [3.8, 4) is 5.75 Å². The lowest BCUT2D eigenvalue weighted by Crippen LogP contribution is -2.35. The second kappa shape index (κ2) is 8.89. The molecule has 0 bridgehead atoms. The van der Waals surface area contributed by atoms with E-state index in [-0.39, 0.29) is 11.7 Å². The molecule has 0 saturated carbocycles. The van der Waals surface area contributed by atoms with Gasteiger partial charge in [0.1, 0.15) is 17.2 Å². The van der Waals surface area contributed by atoms with Gasteiger partial charge in [0.05, 0.1) is 17.3 Å².